The molecule has 0 radical (unpaired) electrons. The Bertz CT molecular complexity index is 984. The Morgan fingerprint density at radius 1 is 1.31 bits per heavy atom. The summed E-state index contributed by atoms with van der Waals surface area (Å²) in [5, 5.41) is 7.14. The van der Waals surface area contributed by atoms with Crippen molar-refractivity contribution < 1.29 is 13.2 Å². The van der Waals surface area contributed by atoms with Gasteiger partial charge >= 0.3 is 0 Å². The van der Waals surface area contributed by atoms with Crippen LogP contribution in [0.5, 0.6) is 0 Å². The molecule has 2 aliphatic rings. The molecule has 138 valence electrons. The van der Waals surface area contributed by atoms with Gasteiger partial charge in [-0.3, -0.25) is 9.48 Å². The van der Waals surface area contributed by atoms with Crippen LogP contribution in [0.25, 0.3) is 0 Å². The zero-order chi connectivity index (χ0) is 18.7. The molecule has 0 aliphatic carbocycles. The number of amides is 1. The van der Waals surface area contributed by atoms with Gasteiger partial charge in [-0.05, 0) is 18.1 Å². The highest BCUT2D eigenvalue weighted by Crippen LogP contribution is 2.55. The van der Waals surface area contributed by atoms with Crippen molar-refractivity contribution in [3.05, 3.63) is 47.8 Å². The van der Waals surface area contributed by atoms with Gasteiger partial charge < -0.3 is 5.32 Å². The normalized spacial score (nSPS) is 25.8. The van der Waals surface area contributed by atoms with Crippen molar-refractivity contribution in [3.63, 3.8) is 0 Å². The molecular formula is C17H21N5O3S. The van der Waals surface area contributed by atoms with Gasteiger partial charge in [0, 0.05) is 45.1 Å². The van der Waals surface area contributed by atoms with E-state index >= 15 is 0 Å². The Morgan fingerprint density at radius 2 is 2.04 bits per heavy atom. The highest BCUT2D eigenvalue weighted by Gasteiger charge is 2.61. The Balaban J connectivity index is 1.95. The van der Waals surface area contributed by atoms with Crippen LogP contribution in [0.1, 0.15) is 23.6 Å². The van der Waals surface area contributed by atoms with Gasteiger partial charge in [0.1, 0.15) is 0 Å². The highest BCUT2D eigenvalue weighted by molar-refractivity contribution is 7.86. The van der Waals surface area contributed by atoms with Gasteiger partial charge in [0.25, 0.3) is 10.2 Å². The number of para-hydroxylation sites is 1. The minimum absolute atomic E-state index is 0.163. The minimum atomic E-state index is -3.70. The lowest BCUT2D eigenvalue weighted by molar-refractivity contribution is -0.121. The summed E-state index contributed by atoms with van der Waals surface area (Å²) in [5.74, 6) is -0.163. The average Bonchev–Trinajstić information content (AvgIpc) is 3.26. The maximum atomic E-state index is 13.1. The maximum absolute atomic E-state index is 13.1. The third kappa shape index (κ3) is 2.17. The number of benzene rings is 1. The summed E-state index contributed by atoms with van der Waals surface area (Å²) < 4.78 is 30.2. The molecule has 3 heterocycles. The van der Waals surface area contributed by atoms with Gasteiger partial charge in [0.15, 0.2) is 0 Å². The van der Waals surface area contributed by atoms with E-state index in [9.17, 15) is 13.2 Å². The summed E-state index contributed by atoms with van der Waals surface area (Å²) in [5.41, 5.74) is 1.34. The van der Waals surface area contributed by atoms with Crippen LogP contribution in [-0.4, -0.2) is 53.4 Å². The third-order valence-electron chi connectivity index (χ3n) is 5.34. The summed E-state index contributed by atoms with van der Waals surface area (Å²) in [6, 6.07) is 6.85. The van der Waals surface area contributed by atoms with E-state index < -0.39 is 21.7 Å². The predicted molar refractivity (Wildman–Crippen MR) is 96.6 cm³/mol. The Kier molecular flexibility index (Phi) is 3.73. The number of carbonyl (C=O) groups excluding carboxylic acids is 1. The lowest BCUT2D eigenvalue weighted by atomic mass is 9.73. The standard InChI is InChI=1S/C17H21N5O3S/c1-20(2)26(24,25)22-9-8-17(15(22)12-10-18-21(3)11-12)13-6-4-5-7-14(13)19-16(17)23/h4-7,10-11,15H,8-9H2,1-3H3,(H,19,23). The molecule has 1 spiro atoms. The zero-order valence-corrected chi connectivity index (χ0v) is 15.7. The molecule has 1 saturated heterocycles. The Hall–Kier alpha value is -2.23. The molecule has 1 fully saturated rings. The number of fused-ring (bicyclic) bond motifs is 2. The summed E-state index contributed by atoms with van der Waals surface area (Å²) >= 11 is 0. The van der Waals surface area contributed by atoms with Gasteiger partial charge in [-0.15, -0.1) is 0 Å². The van der Waals surface area contributed by atoms with Crippen molar-refractivity contribution in [2.45, 2.75) is 17.9 Å². The largest absolute Gasteiger partial charge is 0.325 e. The Labute approximate surface area is 152 Å². The lowest BCUT2D eigenvalue weighted by Crippen LogP contribution is -2.45. The molecule has 1 aromatic carbocycles. The first-order chi connectivity index (χ1) is 12.3. The quantitative estimate of drug-likeness (QED) is 0.862. The van der Waals surface area contributed by atoms with Gasteiger partial charge in [-0.25, -0.2) is 0 Å². The van der Waals surface area contributed by atoms with Crippen molar-refractivity contribution in [2.24, 2.45) is 7.05 Å². The summed E-state index contributed by atoms with van der Waals surface area (Å²) in [4.78, 5) is 13.1. The van der Waals surface area contributed by atoms with Crippen molar-refractivity contribution in [1.29, 1.82) is 0 Å². The van der Waals surface area contributed by atoms with Crippen LogP contribution in [0.3, 0.4) is 0 Å². The summed E-state index contributed by atoms with van der Waals surface area (Å²) in [6.07, 6.45) is 3.84. The second-order valence-corrected chi connectivity index (χ2v) is 9.07. The second kappa shape index (κ2) is 5.63. The number of hydrogen-bond acceptors (Lipinski definition) is 4. The van der Waals surface area contributed by atoms with E-state index in [1.807, 2.05) is 24.3 Å². The molecule has 1 amide bonds. The number of carbonyl (C=O) groups is 1. The van der Waals surface area contributed by atoms with Crippen LogP contribution in [-0.2, 0) is 27.5 Å². The van der Waals surface area contributed by atoms with Gasteiger partial charge in [0.05, 0.1) is 17.7 Å². The molecule has 2 atom stereocenters. The summed E-state index contributed by atoms with van der Waals surface area (Å²) in [6.45, 7) is 0.266. The summed E-state index contributed by atoms with van der Waals surface area (Å²) in [7, 11) is 1.08. The highest BCUT2D eigenvalue weighted by atomic mass is 32.2. The van der Waals surface area contributed by atoms with E-state index in [2.05, 4.69) is 10.4 Å². The molecule has 0 saturated carbocycles. The molecule has 4 rings (SSSR count). The van der Waals surface area contributed by atoms with Crippen LogP contribution in [0.4, 0.5) is 5.69 Å². The third-order valence-corrected chi connectivity index (χ3v) is 7.25. The monoisotopic (exact) mass is 375 g/mol. The van der Waals surface area contributed by atoms with E-state index in [-0.39, 0.29) is 12.5 Å². The predicted octanol–water partition coefficient (Wildman–Crippen LogP) is 0.863. The number of nitrogens with zero attached hydrogens (tertiary/aromatic N) is 4. The topological polar surface area (TPSA) is 87.5 Å². The number of nitrogens with one attached hydrogen (secondary N) is 1. The molecule has 8 nitrogen and oxygen atoms in total. The smallest absolute Gasteiger partial charge is 0.282 e. The molecule has 2 unspecified atom stereocenters. The fourth-order valence-electron chi connectivity index (χ4n) is 4.15. The molecule has 1 N–H and O–H groups in total. The van der Waals surface area contributed by atoms with Crippen molar-refractivity contribution in [3.8, 4) is 0 Å². The molecule has 2 aromatic rings. The van der Waals surface area contributed by atoms with Crippen LogP contribution in [0, 0.1) is 0 Å². The molecule has 0 bridgehead atoms. The van der Waals surface area contributed by atoms with Crippen molar-refractivity contribution in [1.82, 2.24) is 18.4 Å². The second-order valence-electron chi connectivity index (χ2n) is 6.97. The fourth-order valence-corrected chi connectivity index (χ4v) is 5.46. The fraction of sp³-hybridized carbons (Fsp3) is 0.412. The van der Waals surface area contributed by atoms with E-state index in [4.69, 9.17) is 0 Å². The first-order valence-corrected chi connectivity index (χ1v) is 9.77. The average molecular weight is 375 g/mol. The molecule has 1 aromatic heterocycles. The van der Waals surface area contributed by atoms with Gasteiger partial charge in [0.2, 0.25) is 5.91 Å². The number of rotatable bonds is 3. The molecule has 26 heavy (non-hydrogen) atoms. The van der Waals surface area contributed by atoms with Crippen molar-refractivity contribution in [2.75, 3.05) is 26.0 Å². The van der Waals surface area contributed by atoms with Gasteiger partial charge in [-0.2, -0.15) is 22.1 Å². The van der Waals surface area contributed by atoms with Crippen molar-refractivity contribution >= 4 is 21.8 Å². The van der Waals surface area contributed by atoms with Crippen LogP contribution in [0.2, 0.25) is 0 Å². The zero-order valence-electron chi connectivity index (χ0n) is 14.9. The maximum Gasteiger partial charge on any atom is 0.282 e. The molecule has 2 aliphatic heterocycles. The van der Waals surface area contributed by atoms with E-state index in [1.165, 1.54) is 22.7 Å². The van der Waals surface area contributed by atoms with E-state index in [0.717, 1.165) is 11.3 Å². The van der Waals surface area contributed by atoms with Crippen LogP contribution < -0.4 is 5.32 Å². The number of aromatic nitrogens is 2. The van der Waals surface area contributed by atoms with Crippen LogP contribution >= 0.6 is 0 Å². The number of aryl methyl sites for hydroxylation is 1. The number of anilines is 1. The van der Waals surface area contributed by atoms with E-state index in [1.54, 1.807) is 24.1 Å². The Morgan fingerprint density at radius 3 is 2.69 bits per heavy atom. The number of hydrogen-bond donors (Lipinski definition) is 1. The lowest BCUT2D eigenvalue weighted by Gasteiger charge is -2.33. The SMILES string of the molecule is CN(C)S(=O)(=O)N1CCC2(C(=O)Nc3ccccc32)C1c1cnn(C)c1. The first kappa shape index (κ1) is 17.2. The molecule has 9 heteroatoms. The van der Waals surface area contributed by atoms with Crippen LogP contribution in [0.15, 0.2) is 36.7 Å². The van der Waals surface area contributed by atoms with Gasteiger partial charge in [-0.1, -0.05) is 18.2 Å². The minimum Gasteiger partial charge on any atom is -0.325 e. The van der Waals surface area contributed by atoms with E-state index in [0.29, 0.717) is 12.0 Å². The molecular weight excluding hydrogens is 354 g/mol. The first-order valence-electron chi connectivity index (χ1n) is 8.37.